The summed E-state index contributed by atoms with van der Waals surface area (Å²) in [5, 5.41) is 6.66. The molecule has 28 heavy (non-hydrogen) atoms. The number of benzene rings is 1. The van der Waals surface area contributed by atoms with E-state index in [1.807, 2.05) is 49.5 Å². The molecule has 0 aliphatic rings. The highest BCUT2D eigenvalue weighted by atomic mass is 16.5. The summed E-state index contributed by atoms with van der Waals surface area (Å²) < 4.78 is 5.92. The van der Waals surface area contributed by atoms with Crippen LogP contribution in [0.15, 0.2) is 53.7 Å². The second-order valence-corrected chi connectivity index (χ2v) is 6.82. The van der Waals surface area contributed by atoms with Crippen LogP contribution in [0.2, 0.25) is 0 Å². The van der Waals surface area contributed by atoms with E-state index in [4.69, 9.17) is 4.74 Å². The zero-order chi connectivity index (χ0) is 20.2. The summed E-state index contributed by atoms with van der Waals surface area (Å²) in [6.07, 6.45) is 2.86. The molecule has 1 atom stereocenters. The Hall–Kier alpha value is -2.60. The Morgan fingerprint density at radius 3 is 2.68 bits per heavy atom. The van der Waals surface area contributed by atoms with Gasteiger partial charge in [-0.05, 0) is 43.5 Å². The number of hydrogen-bond donors (Lipinski definition) is 2. The third-order valence-corrected chi connectivity index (χ3v) is 4.28. The number of ether oxygens (including phenoxy) is 1. The van der Waals surface area contributed by atoms with Gasteiger partial charge in [0.25, 0.3) is 0 Å². The van der Waals surface area contributed by atoms with E-state index in [9.17, 15) is 0 Å². The van der Waals surface area contributed by atoms with Crippen molar-refractivity contribution in [1.82, 2.24) is 15.6 Å². The van der Waals surface area contributed by atoms with Crippen molar-refractivity contribution in [3.63, 3.8) is 0 Å². The minimum atomic E-state index is 0.112. The van der Waals surface area contributed by atoms with E-state index in [2.05, 4.69) is 52.7 Å². The van der Waals surface area contributed by atoms with Crippen molar-refractivity contribution in [2.75, 3.05) is 38.7 Å². The zero-order valence-electron chi connectivity index (χ0n) is 17.5. The van der Waals surface area contributed by atoms with Crippen molar-refractivity contribution in [2.45, 2.75) is 32.9 Å². The van der Waals surface area contributed by atoms with Gasteiger partial charge >= 0.3 is 0 Å². The summed E-state index contributed by atoms with van der Waals surface area (Å²) in [6.45, 7) is 7.11. The monoisotopic (exact) mass is 383 g/mol. The predicted octanol–water partition coefficient (Wildman–Crippen LogP) is 3.37. The van der Waals surface area contributed by atoms with Gasteiger partial charge in [-0.1, -0.05) is 30.3 Å². The number of aromatic nitrogens is 1. The molecule has 0 amide bonds. The van der Waals surface area contributed by atoms with Crippen LogP contribution in [0.5, 0.6) is 0 Å². The number of hydrogen-bond acceptors (Lipinski definition) is 4. The van der Waals surface area contributed by atoms with Gasteiger partial charge in [0.15, 0.2) is 5.96 Å². The molecule has 1 aromatic carbocycles. The molecule has 2 aromatic rings. The van der Waals surface area contributed by atoms with Gasteiger partial charge in [-0.25, -0.2) is 9.98 Å². The average molecular weight is 384 g/mol. The third-order valence-electron chi connectivity index (χ3n) is 4.28. The van der Waals surface area contributed by atoms with E-state index in [1.54, 1.807) is 0 Å². The Balaban J connectivity index is 1.76. The molecule has 2 N–H and O–H groups in total. The maximum atomic E-state index is 5.92. The van der Waals surface area contributed by atoms with Gasteiger partial charge in [0.1, 0.15) is 5.82 Å². The van der Waals surface area contributed by atoms with Crippen LogP contribution in [0.4, 0.5) is 5.82 Å². The lowest BCUT2D eigenvalue weighted by molar-refractivity contribution is 0.0646. The lowest BCUT2D eigenvalue weighted by Crippen LogP contribution is -2.38. The molecular weight excluding hydrogens is 350 g/mol. The maximum Gasteiger partial charge on any atom is 0.191 e. The van der Waals surface area contributed by atoms with Crippen LogP contribution in [0, 0.1) is 0 Å². The summed E-state index contributed by atoms with van der Waals surface area (Å²) in [5.41, 5.74) is 2.34. The Kier molecular flexibility index (Phi) is 9.28. The average Bonchev–Trinajstić information content (AvgIpc) is 2.72. The van der Waals surface area contributed by atoms with Crippen LogP contribution >= 0.6 is 0 Å². The standard InChI is InChI=1S/C22H33N5O/c1-5-23-22(26-17-19-12-14-24-21(16-19)27(3)4)25-13-9-15-28-18(2)20-10-7-6-8-11-20/h6-8,10-12,14,16,18H,5,9,13,15,17H2,1-4H3,(H2,23,25,26). The molecule has 6 nitrogen and oxygen atoms in total. The summed E-state index contributed by atoms with van der Waals surface area (Å²) in [7, 11) is 3.98. The van der Waals surface area contributed by atoms with Crippen molar-refractivity contribution in [3.8, 4) is 0 Å². The number of anilines is 1. The third kappa shape index (κ3) is 7.56. The molecule has 152 valence electrons. The van der Waals surface area contributed by atoms with Gasteiger partial charge in [-0.3, -0.25) is 0 Å². The largest absolute Gasteiger partial charge is 0.374 e. The van der Waals surface area contributed by atoms with E-state index in [0.717, 1.165) is 36.9 Å². The summed E-state index contributed by atoms with van der Waals surface area (Å²) in [6, 6.07) is 14.4. The molecule has 1 aromatic heterocycles. The van der Waals surface area contributed by atoms with E-state index >= 15 is 0 Å². The second kappa shape index (κ2) is 12.0. The fourth-order valence-electron chi connectivity index (χ4n) is 2.67. The Morgan fingerprint density at radius 1 is 1.18 bits per heavy atom. The Morgan fingerprint density at radius 2 is 1.96 bits per heavy atom. The number of nitrogens with zero attached hydrogens (tertiary/aromatic N) is 3. The number of aliphatic imine (C=N–C) groups is 1. The molecule has 2 rings (SSSR count). The fraction of sp³-hybridized carbons (Fsp3) is 0.455. The molecule has 6 heteroatoms. The molecule has 0 radical (unpaired) electrons. The topological polar surface area (TPSA) is 61.8 Å². The maximum absolute atomic E-state index is 5.92. The number of guanidine groups is 1. The first-order chi connectivity index (χ1) is 13.6. The second-order valence-electron chi connectivity index (χ2n) is 6.82. The van der Waals surface area contributed by atoms with Gasteiger partial charge in [0.2, 0.25) is 0 Å². The van der Waals surface area contributed by atoms with Crippen LogP contribution in [0.25, 0.3) is 0 Å². The molecule has 0 saturated heterocycles. The first-order valence-corrected chi connectivity index (χ1v) is 9.91. The van der Waals surface area contributed by atoms with Crippen molar-refractivity contribution >= 4 is 11.8 Å². The van der Waals surface area contributed by atoms with Crippen molar-refractivity contribution < 1.29 is 4.74 Å². The highest BCUT2D eigenvalue weighted by Crippen LogP contribution is 2.15. The lowest BCUT2D eigenvalue weighted by Gasteiger charge is -2.15. The quantitative estimate of drug-likeness (QED) is 0.374. The van der Waals surface area contributed by atoms with Gasteiger partial charge in [-0.15, -0.1) is 0 Å². The summed E-state index contributed by atoms with van der Waals surface area (Å²) in [5.74, 6) is 1.76. The zero-order valence-corrected chi connectivity index (χ0v) is 17.5. The van der Waals surface area contributed by atoms with Crippen LogP contribution in [-0.4, -0.2) is 44.7 Å². The van der Waals surface area contributed by atoms with E-state index in [-0.39, 0.29) is 6.10 Å². The predicted molar refractivity (Wildman–Crippen MR) is 117 cm³/mol. The van der Waals surface area contributed by atoms with Gasteiger partial charge < -0.3 is 20.3 Å². The van der Waals surface area contributed by atoms with Crippen LogP contribution in [0.3, 0.4) is 0 Å². The van der Waals surface area contributed by atoms with E-state index in [1.165, 1.54) is 5.56 Å². The van der Waals surface area contributed by atoms with Crippen molar-refractivity contribution in [1.29, 1.82) is 0 Å². The summed E-state index contributed by atoms with van der Waals surface area (Å²) >= 11 is 0. The van der Waals surface area contributed by atoms with Crippen LogP contribution in [-0.2, 0) is 11.3 Å². The lowest BCUT2D eigenvalue weighted by atomic mass is 10.1. The van der Waals surface area contributed by atoms with Crippen molar-refractivity contribution in [2.24, 2.45) is 4.99 Å². The Bertz CT molecular complexity index is 718. The van der Waals surface area contributed by atoms with E-state index in [0.29, 0.717) is 13.2 Å². The SMILES string of the molecule is CCNC(=NCc1ccnc(N(C)C)c1)NCCCOC(C)c1ccccc1. The highest BCUT2D eigenvalue weighted by molar-refractivity contribution is 5.79. The molecular formula is C22H33N5O. The molecule has 0 aliphatic carbocycles. The van der Waals surface area contributed by atoms with Gasteiger partial charge in [-0.2, -0.15) is 0 Å². The first-order valence-electron chi connectivity index (χ1n) is 9.91. The highest BCUT2D eigenvalue weighted by Gasteiger charge is 2.05. The number of rotatable bonds is 10. The molecule has 0 fully saturated rings. The van der Waals surface area contributed by atoms with Crippen LogP contribution < -0.4 is 15.5 Å². The molecule has 1 heterocycles. The van der Waals surface area contributed by atoms with E-state index < -0.39 is 0 Å². The molecule has 0 aliphatic heterocycles. The smallest absolute Gasteiger partial charge is 0.191 e. The number of nitrogens with one attached hydrogen (secondary N) is 2. The minimum absolute atomic E-state index is 0.112. The fourth-order valence-corrected chi connectivity index (χ4v) is 2.67. The molecule has 0 spiro atoms. The van der Waals surface area contributed by atoms with Gasteiger partial charge in [0, 0.05) is 40.0 Å². The molecule has 0 bridgehead atoms. The van der Waals surface area contributed by atoms with Gasteiger partial charge in [0.05, 0.1) is 12.6 Å². The number of pyridine rings is 1. The Labute approximate surface area is 169 Å². The molecule has 0 saturated carbocycles. The van der Waals surface area contributed by atoms with Crippen molar-refractivity contribution in [3.05, 3.63) is 59.8 Å². The first kappa shape index (κ1) is 21.7. The van der Waals surface area contributed by atoms with Crippen LogP contribution in [0.1, 0.15) is 37.5 Å². The summed E-state index contributed by atoms with van der Waals surface area (Å²) in [4.78, 5) is 11.0. The normalized spacial score (nSPS) is 12.5. The molecule has 1 unspecified atom stereocenters. The minimum Gasteiger partial charge on any atom is -0.374 e.